The Bertz CT molecular complexity index is 376. The van der Waals surface area contributed by atoms with Crippen molar-refractivity contribution in [3.05, 3.63) is 29.8 Å². The molecular weight excluding hydrogens is 254 g/mol. The highest BCUT2D eigenvalue weighted by molar-refractivity contribution is 5.85. The van der Waals surface area contributed by atoms with Gasteiger partial charge in [0.15, 0.2) is 0 Å². The first kappa shape index (κ1) is 16.7. The first-order chi connectivity index (χ1) is 7.99. The molecule has 0 saturated heterocycles. The Balaban J connectivity index is 0.00000289. The summed E-state index contributed by atoms with van der Waals surface area (Å²) in [4.78, 5) is 11.2. The fourth-order valence-corrected chi connectivity index (χ4v) is 1.57. The third-order valence-electron chi connectivity index (χ3n) is 2.56. The lowest BCUT2D eigenvalue weighted by Crippen LogP contribution is -2.35. The number of hydrogen-bond donors (Lipinski definition) is 1. The summed E-state index contributed by atoms with van der Waals surface area (Å²) in [6.45, 7) is 4.36. The van der Waals surface area contributed by atoms with E-state index in [1.54, 1.807) is 6.92 Å². The molecule has 0 bridgehead atoms. The zero-order chi connectivity index (χ0) is 12.9. The lowest BCUT2D eigenvalue weighted by atomic mass is 9.90. The van der Waals surface area contributed by atoms with Gasteiger partial charge >= 0.3 is 5.97 Å². The van der Waals surface area contributed by atoms with Gasteiger partial charge in [-0.05, 0) is 31.5 Å². The Hall–Kier alpha value is -1.26. The summed E-state index contributed by atoms with van der Waals surface area (Å²) in [6.07, 6.45) is 0.150. The monoisotopic (exact) mass is 273 g/mol. The lowest BCUT2D eigenvalue weighted by Gasteiger charge is -2.24. The molecule has 0 amide bonds. The first-order valence-corrected chi connectivity index (χ1v) is 5.58. The van der Waals surface area contributed by atoms with Crippen molar-refractivity contribution in [1.29, 1.82) is 0 Å². The van der Waals surface area contributed by atoms with Crippen LogP contribution in [-0.2, 0) is 15.1 Å². The van der Waals surface area contributed by atoms with Crippen molar-refractivity contribution in [1.82, 2.24) is 0 Å². The fourth-order valence-electron chi connectivity index (χ4n) is 1.57. The van der Waals surface area contributed by atoms with Crippen molar-refractivity contribution < 1.29 is 14.3 Å². The molecule has 0 aromatic heterocycles. The van der Waals surface area contributed by atoms with E-state index in [1.165, 1.54) is 7.11 Å². The Kier molecular flexibility index (Phi) is 6.73. The summed E-state index contributed by atoms with van der Waals surface area (Å²) in [5, 5.41) is 0. The molecule has 102 valence electrons. The average molecular weight is 274 g/mol. The molecule has 0 fully saturated rings. The molecule has 0 saturated carbocycles. The summed E-state index contributed by atoms with van der Waals surface area (Å²) < 4.78 is 9.97. The van der Waals surface area contributed by atoms with Crippen molar-refractivity contribution in [3.63, 3.8) is 0 Å². The predicted molar refractivity (Wildman–Crippen MR) is 73.0 cm³/mol. The van der Waals surface area contributed by atoms with Crippen LogP contribution in [-0.4, -0.2) is 19.7 Å². The molecular formula is C13H20ClNO3. The van der Waals surface area contributed by atoms with Crippen LogP contribution in [0, 0.1) is 0 Å². The smallest absolute Gasteiger partial charge is 0.307 e. The van der Waals surface area contributed by atoms with Gasteiger partial charge < -0.3 is 15.2 Å². The van der Waals surface area contributed by atoms with Crippen LogP contribution >= 0.6 is 12.4 Å². The van der Waals surface area contributed by atoms with Gasteiger partial charge in [0.2, 0.25) is 0 Å². The molecule has 1 atom stereocenters. The van der Waals surface area contributed by atoms with E-state index in [9.17, 15) is 4.79 Å². The van der Waals surface area contributed by atoms with Gasteiger partial charge in [-0.2, -0.15) is 0 Å². The summed E-state index contributed by atoms with van der Waals surface area (Å²) in [7, 11) is 1.36. The second kappa shape index (κ2) is 7.24. The van der Waals surface area contributed by atoms with Crippen molar-refractivity contribution in [2.75, 3.05) is 13.7 Å². The lowest BCUT2D eigenvalue weighted by molar-refractivity contribution is -0.141. The second-order valence-electron chi connectivity index (χ2n) is 4.13. The van der Waals surface area contributed by atoms with Crippen LogP contribution in [0.2, 0.25) is 0 Å². The number of ether oxygens (including phenoxy) is 2. The molecule has 0 aliphatic heterocycles. The van der Waals surface area contributed by atoms with Gasteiger partial charge in [0, 0.05) is 5.54 Å². The number of carbonyl (C=O) groups excluding carboxylic acids is 1. The third-order valence-corrected chi connectivity index (χ3v) is 2.56. The molecule has 0 radical (unpaired) electrons. The summed E-state index contributed by atoms with van der Waals surface area (Å²) in [5.41, 5.74) is 6.25. The van der Waals surface area contributed by atoms with Gasteiger partial charge in [-0.25, -0.2) is 0 Å². The summed E-state index contributed by atoms with van der Waals surface area (Å²) >= 11 is 0. The van der Waals surface area contributed by atoms with E-state index in [-0.39, 0.29) is 24.8 Å². The number of rotatable bonds is 5. The number of esters is 1. The highest BCUT2D eigenvalue weighted by Crippen LogP contribution is 2.24. The quantitative estimate of drug-likeness (QED) is 0.836. The van der Waals surface area contributed by atoms with Crippen LogP contribution < -0.4 is 10.5 Å². The van der Waals surface area contributed by atoms with Crippen molar-refractivity contribution in [2.45, 2.75) is 25.8 Å². The zero-order valence-corrected chi connectivity index (χ0v) is 11.8. The van der Waals surface area contributed by atoms with Gasteiger partial charge in [-0.3, -0.25) is 4.79 Å². The normalized spacial score (nSPS) is 13.1. The maximum absolute atomic E-state index is 11.2. The van der Waals surface area contributed by atoms with Crippen molar-refractivity contribution >= 4 is 18.4 Å². The zero-order valence-electron chi connectivity index (χ0n) is 10.9. The van der Waals surface area contributed by atoms with Crippen LogP contribution in [0.25, 0.3) is 0 Å². The molecule has 0 heterocycles. The molecule has 2 N–H and O–H groups in total. The number of halogens is 1. The molecule has 0 spiro atoms. The minimum Gasteiger partial charge on any atom is -0.494 e. The number of carbonyl (C=O) groups is 1. The van der Waals surface area contributed by atoms with E-state index < -0.39 is 5.54 Å². The highest BCUT2D eigenvalue weighted by Gasteiger charge is 2.25. The minimum atomic E-state index is -0.724. The third kappa shape index (κ3) is 4.55. The van der Waals surface area contributed by atoms with Crippen LogP contribution in [0.4, 0.5) is 0 Å². The van der Waals surface area contributed by atoms with Crippen molar-refractivity contribution in [3.8, 4) is 5.75 Å². The standard InChI is InChI=1S/C13H19NO3.ClH/c1-4-17-11-7-5-10(6-8-11)13(2,14)9-12(15)16-3;/h5-8H,4,9,14H2,1-3H3;1H. The van der Waals surface area contributed by atoms with E-state index in [4.69, 9.17) is 10.5 Å². The molecule has 1 unspecified atom stereocenters. The first-order valence-electron chi connectivity index (χ1n) is 5.58. The molecule has 1 aromatic carbocycles. The van der Waals surface area contributed by atoms with Gasteiger partial charge in [-0.15, -0.1) is 12.4 Å². The molecule has 0 aliphatic carbocycles. The van der Waals surface area contributed by atoms with Crippen LogP contribution in [0.15, 0.2) is 24.3 Å². The molecule has 18 heavy (non-hydrogen) atoms. The number of methoxy groups -OCH3 is 1. The van der Waals surface area contributed by atoms with E-state index in [2.05, 4.69) is 4.74 Å². The van der Waals surface area contributed by atoms with Gasteiger partial charge in [0.1, 0.15) is 5.75 Å². The van der Waals surface area contributed by atoms with Gasteiger partial charge in [0.05, 0.1) is 20.1 Å². The Morgan fingerprint density at radius 3 is 2.33 bits per heavy atom. The van der Waals surface area contributed by atoms with Gasteiger partial charge in [-0.1, -0.05) is 12.1 Å². The minimum absolute atomic E-state index is 0. The van der Waals surface area contributed by atoms with E-state index in [0.29, 0.717) is 6.61 Å². The van der Waals surface area contributed by atoms with Crippen molar-refractivity contribution in [2.24, 2.45) is 5.73 Å². The van der Waals surface area contributed by atoms with E-state index >= 15 is 0 Å². The predicted octanol–water partition coefficient (Wildman–Crippen LogP) is 2.24. The van der Waals surface area contributed by atoms with E-state index in [0.717, 1.165) is 11.3 Å². The highest BCUT2D eigenvalue weighted by atomic mass is 35.5. The molecule has 1 aromatic rings. The number of hydrogen-bond acceptors (Lipinski definition) is 4. The van der Waals surface area contributed by atoms with Crippen LogP contribution in [0.3, 0.4) is 0 Å². The Morgan fingerprint density at radius 2 is 1.89 bits per heavy atom. The van der Waals surface area contributed by atoms with Gasteiger partial charge in [0.25, 0.3) is 0 Å². The molecule has 0 aliphatic rings. The molecule has 4 nitrogen and oxygen atoms in total. The van der Waals surface area contributed by atoms with Crippen LogP contribution in [0.5, 0.6) is 5.75 Å². The average Bonchev–Trinajstić information content (AvgIpc) is 2.29. The maximum Gasteiger partial charge on any atom is 0.307 e. The topological polar surface area (TPSA) is 61.5 Å². The maximum atomic E-state index is 11.2. The van der Waals surface area contributed by atoms with Crippen LogP contribution in [0.1, 0.15) is 25.8 Å². The molecule has 5 heteroatoms. The fraction of sp³-hybridized carbons (Fsp3) is 0.462. The number of nitrogens with two attached hydrogens (primary N) is 1. The Morgan fingerprint density at radius 1 is 1.33 bits per heavy atom. The Labute approximate surface area is 114 Å². The SMILES string of the molecule is CCOc1ccc(C(C)(N)CC(=O)OC)cc1.Cl. The number of benzene rings is 1. The second-order valence-corrected chi connectivity index (χ2v) is 4.13. The summed E-state index contributed by atoms with van der Waals surface area (Å²) in [6, 6.07) is 7.43. The summed E-state index contributed by atoms with van der Waals surface area (Å²) in [5.74, 6) is 0.481. The molecule has 1 rings (SSSR count). The van der Waals surface area contributed by atoms with E-state index in [1.807, 2.05) is 31.2 Å². The largest absolute Gasteiger partial charge is 0.494 e.